The van der Waals surface area contributed by atoms with Crippen molar-refractivity contribution in [3.8, 4) is 11.5 Å². The van der Waals surface area contributed by atoms with Gasteiger partial charge in [-0.15, -0.1) is 0 Å². The van der Waals surface area contributed by atoms with Gasteiger partial charge in [-0.2, -0.15) is 0 Å². The molecule has 25 heavy (non-hydrogen) atoms. The Hall–Kier alpha value is -3.40. The molecule has 0 amide bonds. The van der Waals surface area contributed by atoms with E-state index in [1.807, 2.05) is 0 Å². The number of hydrogen-bond acceptors (Lipinski definition) is 4. The summed E-state index contributed by atoms with van der Waals surface area (Å²) < 4.78 is 0. The lowest BCUT2D eigenvalue weighted by Gasteiger charge is -2.19. The Balaban J connectivity index is 1.81. The maximum absolute atomic E-state index is 12.8. The zero-order valence-electron chi connectivity index (χ0n) is 13.2. The SMILES string of the molecule is O=C1c2ccccc2C(=O)c2c1ccc(Cc1ccc(O)cc1)c2O. The Morgan fingerprint density at radius 2 is 1.32 bits per heavy atom. The van der Waals surface area contributed by atoms with Crippen LogP contribution in [-0.2, 0) is 6.42 Å². The van der Waals surface area contributed by atoms with Crippen molar-refractivity contribution in [2.45, 2.75) is 6.42 Å². The fourth-order valence-electron chi connectivity index (χ4n) is 3.19. The van der Waals surface area contributed by atoms with Crippen LogP contribution in [0, 0.1) is 0 Å². The molecule has 1 aliphatic carbocycles. The number of carbonyl (C=O) groups is 2. The molecule has 3 aromatic rings. The third kappa shape index (κ3) is 2.39. The summed E-state index contributed by atoms with van der Waals surface area (Å²) >= 11 is 0. The molecule has 0 fully saturated rings. The summed E-state index contributed by atoms with van der Waals surface area (Å²) in [5.41, 5.74) is 2.42. The second kappa shape index (κ2) is 5.60. The summed E-state index contributed by atoms with van der Waals surface area (Å²) in [6.07, 6.45) is 0.391. The van der Waals surface area contributed by atoms with E-state index >= 15 is 0 Å². The molecule has 4 rings (SSSR count). The summed E-state index contributed by atoms with van der Waals surface area (Å²) in [6.45, 7) is 0. The highest BCUT2D eigenvalue weighted by molar-refractivity contribution is 6.29. The standard InChI is InChI=1S/C21H14O4/c22-14-8-5-12(6-9-14)11-13-7-10-17-18(19(13)23)21(25)16-4-2-1-3-15(16)20(17)24/h1-10,22-23H,11H2. The Bertz CT molecular complexity index is 1020. The molecule has 0 saturated carbocycles. The monoisotopic (exact) mass is 330 g/mol. The van der Waals surface area contributed by atoms with Crippen LogP contribution in [0.1, 0.15) is 43.0 Å². The summed E-state index contributed by atoms with van der Waals surface area (Å²) in [6, 6.07) is 16.5. The molecule has 4 nitrogen and oxygen atoms in total. The van der Waals surface area contributed by atoms with Crippen LogP contribution in [0.5, 0.6) is 11.5 Å². The van der Waals surface area contributed by atoms with Gasteiger partial charge in [0.05, 0.1) is 5.56 Å². The van der Waals surface area contributed by atoms with Crippen molar-refractivity contribution in [2.75, 3.05) is 0 Å². The molecule has 0 unspecified atom stereocenters. The Morgan fingerprint density at radius 1 is 0.680 bits per heavy atom. The van der Waals surface area contributed by atoms with Crippen LogP contribution in [-0.4, -0.2) is 21.8 Å². The molecular weight excluding hydrogens is 316 g/mol. The van der Waals surface area contributed by atoms with Gasteiger partial charge in [0.1, 0.15) is 11.5 Å². The van der Waals surface area contributed by atoms with Gasteiger partial charge >= 0.3 is 0 Å². The van der Waals surface area contributed by atoms with Crippen molar-refractivity contribution in [1.82, 2.24) is 0 Å². The van der Waals surface area contributed by atoms with Gasteiger partial charge in [-0.05, 0) is 29.3 Å². The number of hydrogen-bond donors (Lipinski definition) is 2. The third-order valence-corrected chi connectivity index (χ3v) is 4.48. The van der Waals surface area contributed by atoms with Crippen molar-refractivity contribution >= 4 is 11.6 Å². The summed E-state index contributed by atoms with van der Waals surface area (Å²) in [5, 5.41) is 20.0. The average Bonchev–Trinajstić information content (AvgIpc) is 2.63. The van der Waals surface area contributed by atoms with Gasteiger partial charge in [-0.25, -0.2) is 0 Å². The molecule has 0 atom stereocenters. The predicted molar refractivity (Wildman–Crippen MR) is 92.3 cm³/mol. The highest BCUT2D eigenvalue weighted by atomic mass is 16.3. The Kier molecular flexibility index (Phi) is 3.39. The number of aromatic hydroxyl groups is 2. The fraction of sp³-hybridized carbons (Fsp3) is 0.0476. The lowest BCUT2D eigenvalue weighted by Crippen LogP contribution is -2.21. The molecule has 3 aromatic carbocycles. The average molecular weight is 330 g/mol. The van der Waals surface area contributed by atoms with Crippen molar-refractivity contribution < 1.29 is 19.8 Å². The van der Waals surface area contributed by atoms with E-state index in [0.29, 0.717) is 23.1 Å². The molecule has 0 saturated heterocycles. The molecular formula is C21H14O4. The van der Waals surface area contributed by atoms with E-state index in [-0.39, 0.29) is 34.2 Å². The van der Waals surface area contributed by atoms with E-state index < -0.39 is 0 Å². The minimum absolute atomic E-state index is 0.0694. The minimum atomic E-state index is -0.338. The van der Waals surface area contributed by atoms with E-state index in [4.69, 9.17) is 0 Å². The molecule has 0 bridgehead atoms. The lowest BCUT2D eigenvalue weighted by atomic mass is 9.82. The van der Waals surface area contributed by atoms with Gasteiger partial charge in [0.2, 0.25) is 0 Å². The van der Waals surface area contributed by atoms with Crippen LogP contribution < -0.4 is 0 Å². The van der Waals surface area contributed by atoms with E-state index in [2.05, 4.69) is 0 Å². The highest BCUT2D eigenvalue weighted by Gasteiger charge is 2.32. The number of phenols is 2. The van der Waals surface area contributed by atoms with Gasteiger partial charge in [0.15, 0.2) is 11.6 Å². The first kappa shape index (κ1) is 15.1. The zero-order chi connectivity index (χ0) is 17.6. The van der Waals surface area contributed by atoms with Gasteiger partial charge in [-0.1, -0.05) is 42.5 Å². The largest absolute Gasteiger partial charge is 0.508 e. The van der Waals surface area contributed by atoms with E-state index in [1.165, 1.54) is 0 Å². The van der Waals surface area contributed by atoms with Crippen LogP contribution in [0.15, 0.2) is 60.7 Å². The van der Waals surface area contributed by atoms with Crippen LogP contribution in [0.4, 0.5) is 0 Å². The maximum Gasteiger partial charge on any atom is 0.198 e. The van der Waals surface area contributed by atoms with Crippen molar-refractivity contribution in [3.63, 3.8) is 0 Å². The molecule has 122 valence electrons. The van der Waals surface area contributed by atoms with Gasteiger partial charge in [0.25, 0.3) is 0 Å². The molecule has 2 N–H and O–H groups in total. The van der Waals surface area contributed by atoms with Crippen LogP contribution >= 0.6 is 0 Å². The van der Waals surface area contributed by atoms with E-state index in [0.717, 1.165) is 5.56 Å². The van der Waals surface area contributed by atoms with Crippen molar-refractivity contribution in [2.24, 2.45) is 0 Å². The number of carbonyl (C=O) groups excluding carboxylic acids is 2. The summed E-state index contributed by atoms with van der Waals surface area (Å²) in [4.78, 5) is 25.4. The van der Waals surface area contributed by atoms with Crippen molar-refractivity contribution in [1.29, 1.82) is 0 Å². The minimum Gasteiger partial charge on any atom is -0.508 e. The van der Waals surface area contributed by atoms with Crippen molar-refractivity contribution in [3.05, 3.63) is 94.0 Å². The van der Waals surface area contributed by atoms with Crippen LogP contribution in [0.25, 0.3) is 0 Å². The number of ketones is 2. The highest BCUT2D eigenvalue weighted by Crippen LogP contribution is 2.35. The normalized spacial score (nSPS) is 12.6. The summed E-state index contributed by atoms with van der Waals surface area (Å²) in [5.74, 6) is -0.582. The molecule has 0 aliphatic heterocycles. The molecule has 0 radical (unpaired) electrons. The van der Waals surface area contributed by atoms with Crippen LogP contribution in [0.2, 0.25) is 0 Å². The first-order valence-electron chi connectivity index (χ1n) is 7.87. The van der Waals surface area contributed by atoms with E-state index in [1.54, 1.807) is 60.7 Å². The second-order valence-electron chi connectivity index (χ2n) is 6.04. The van der Waals surface area contributed by atoms with E-state index in [9.17, 15) is 19.8 Å². The van der Waals surface area contributed by atoms with Gasteiger partial charge < -0.3 is 10.2 Å². The number of phenolic OH excluding ortho intramolecular Hbond substituents is 2. The zero-order valence-corrected chi connectivity index (χ0v) is 13.2. The molecule has 1 aliphatic rings. The van der Waals surface area contributed by atoms with Crippen LogP contribution in [0.3, 0.4) is 0 Å². The lowest BCUT2D eigenvalue weighted by molar-refractivity contribution is 0.0976. The third-order valence-electron chi connectivity index (χ3n) is 4.48. The number of benzene rings is 3. The van der Waals surface area contributed by atoms with Gasteiger partial charge in [0, 0.05) is 23.1 Å². The summed E-state index contributed by atoms with van der Waals surface area (Å²) in [7, 11) is 0. The Morgan fingerprint density at radius 3 is 2.00 bits per heavy atom. The molecule has 4 heteroatoms. The first-order chi connectivity index (χ1) is 12.1. The topological polar surface area (TPSA) is 74.6 Å². The quantitative estimate of drug-likeness (QED) is 0.590. The maximum atomic E-state index is 12.8. The Labute approximate surface area is 144 Å². The molecule has 0 aromatic heterocycles. The first-order valence-corrected chi connectivity index (χ1v) is 7.87. The predicted octanol–water partition coefficient (Wildman–Crippen LogP) is 3.46. The smallest absolute Gasteiger partial charge is 0.198 e. The number of fused-ring (bicyclic) bond motifs is 2. The molecule has 0 heterocycles. The van der Waals surface area contributed by atoms with Gasteiger partial charge in [-0.3, -0.25) is 9.59 Å². The molecule has 0 spiro atoms. The second-order valence-corrected chi connectivity index (χ2v) is 6.04. The fourth-order valence-corrected chi connectivity index (χ4v) is 3.19. The number of rotatable bonds is 2.